The average Bonchev–Trinajstić information content (AvgIpc) is 2.49. The lowest BCUT2D eigenvalue weighted by Gasteiger charge is -2.37. The number of amides is 1. The molecule has 0 fully saturated rings. The summed E-state index contributed by atoms with van der Waals surface area (Å²) in [5.41, 5.74) is 7.37. The van der Waals surface area contributed by atoms with E-state index >= 15 is 0 Å². The Hall–Kier alpha value is -2.13. The minimum Gasteiger partial charge on any atom is -0.370 e. The highest BCUT2D eigenvalue weighted by atomic mass is 16.1. The highest BCUT2D eigenvalue weighted by molar-refractivity contribution is 5.75. The molecule has 0 aliphatic rings. The van der Waals surface area contributed by atoms with Crippen LogP contribution < -0.4 is 11.1 Å². The van der Waals surface area contributed by atoms with Gasteiger partial charge in [0.05, 0.1) is 0 Å². The quantitative estimate of drug-likeness (QED) is 0.856. The van der Waals surface area contributed by atoms with Crippen molar-refractivity contribution < 1.29 is 4.79 Å². The largest absolute Gasteiger partial charge is 0.370 e. The molecular weight excluding hydrogens is 260 g/mol. The molecule has 3 nitrogen and oxygen atoms in total. The summed E-state index contributed by atoms with van der Waals surface area (Å²) in [5, 5.41) is 3.31. The van der Waals surface area contributed by atoms with Crippen molar-refractivity contribution in [3.63, 3.8) is 0 Å². The minimum absolute atomic E-state index is 0.0531. The van der Waals surface area contributed by atoms with Gasteiger partial charge in [0.15, 0.2) is 0 Å². The molecule has 0 saturated carbocycles. The first kappa shape index (κ1) is 15.3. The van der Waals surface area contributed by atoms with Crippen LogP contribution in [0.4, 0.5) is 0 Å². The van der Waals surface area contributed by atoms with Crippen molar-refractivity contribution in [3.8, 4) is 0 Å². The third-order valence-corrected chi connectivity index (χ3v) is 4.02. The van der Waals surface area contributed by atoms with Gasteiger partial charge in [-0.25, -0.2) is 0 Å². The zero-order valence-electron chi connectivity index (χ0n) is 12.5. The molecule has 0 aliphatic carbocycles. The normalized spacial score (nSPS) is 13.9. The van der Waals surface area contributed by atoms with Gasteiger partial charge in [0.2, 0.25) is 5.91 Å². The Labute approximate surface area is 126 Å². The van der Waals surface area contributed by atoms with Gasteiger partial charge >= 0.3 is 0 Å². The van der Waals surface area contributed by atoms with Crippen molar-refractivity contribution >= 4 is 5.91 Å². The monoisotopic (exact) mass is 282 g/mol. The molecule has 110 valence electrons. The van der Waals surface area contributed by atoms with E-state index in [1.165, 1.54) is 11.1 Å². The summed E-state index contributed by atoms with van der Waals surface area (Å²) in [7, 11) is 1.88. The van der Waals surface area contributed by atoms with Crippen LogP contribution >= 0.6 is 0 Å². The number of nitrogens with one attached hydrogen (secondary N) is 1. The number of primary amides is 1. The maximum atomic E-state index is 11.5. The van der Waals surface area contributed by atoms with Crippen LogP contribution in [0.25, 0.3) is 0 Å². The fourth-order valence-corrected chi connectivity index (χ4v) is 2.92. The molecule has 0 aliphatic heterocycles. The van der Waals surface area contributed by atoms with Crippen molar-refractivity contribution in [3.05, 3.63) is 71.8 Å². The molecule has 3 N–H and O–H groups in total. The van der Waals surface area contributed by atoms with Crippen LogP contribution in [0.3, 0.4) is 0 Å². The van der Waals surface area contributed by atoms with E-state index in [1.54, 1.807) is 0 Å². The first-order valence-corrected chi connectivity index (χ1v) is 7.14. The summed E-state index contributed by atoms with van der Waals surface area (Å²) < 4.78 is 0. The Morgan fingerprint density at radius 3 is 1.81 bits per heavy atom. The van der Waals surface area contributed by atoms with E-state index in [9.17, 15) is 4.79 Å². The second-order valence-corrected chi connectivity index (χ2v) is 5.56. The maximum absolute atomic E-state index is 11.5. The lowest BCUT2D eigenvalue weighted by molar-refractivity contribution is -0.119. The smallest absolute Gasteiger partial charge is 0.219 e. The van der Waals surface area contributed by atoms with Gasteiger partial charge in [-0.2, -0.15) is 0 Å². The van der Waals surface area contributed by atoms with Crippen LogP contribution in [-0.2, 0) is 4.79 Å². The summed E-state index contributed by atoms with van der Waals surface area (Å²) in [4.78, 5) is 11.5. The van der Waals surface area contributed by atoms with Crippen LogP contribution in [-0.4, -0.2) is 18.5 Å². The summed E-state index contributed by atoms with van der Waals surface area (Å²) in [6.07, 6.45) is 0.276. The third-order valence-electron chi connectivity index (χ3n) is 4.02. The Bertz CT molecular complexity index is 543. The Balaban J connectivity index is 2.53. The molecule has 0 spiro atoms. The molecule has 3 heteroatoms. The van der Waals surface area contributed by atoms with E-state index in [-0.39, 0.29) is 18.2 Å². The Morgan fingerprint density at radius 1 is 1.05 bits per heavy atom. The van der Waals surface area contributed by atoms with E-state index in [0.717, 1.165) is 0 Å². The van der Waals surface area contributed by atoms with Gasteiger partial charge in [0.25, 0.3) is 0 Å². The SMILES string of the molecule is CNC(C)(CC(N)=O)C(c1ccccc1)c1ccccc1. The van der Waals surface area contributed by atoms with Gasteiger partial charge in [-0.15, -0.1) is 0 Å². The number of nitrogens with two attached hydrogens (primary N) is 1. The highest BCUT2D eigenvalue weighted by Gasteiger charge is 2.36. The number of carbonyl (C=O) groups is 1. The molecule has 0 aromatic heterocycles. The van der Waals surface area contributed by atoms with Crippen molar-refractivity contribution in [1.82, 2.24) is 5.32 Å². The molecule has 1 atom stereocenters. The molecule has 2 aromatic carbocycles. The molecule has 0 heterocycles. The zero-order chi connectivity index (χ0) is 15.3. The molecule has 2 aromatic rings. The molecule has 0 radical (unpaired) electrons. The molecule has 1 unspecified atom stereocenters. The van der Waals surface area contributed by atoms with Crippen LogP contribution in [0.15, 0.2) is 60.7 Å². The van der Waals surface area contributed by atoms with E-state index < -0.39 is 5.54 Å². The first-order chi connectivity index (χ1) is 10.1. The van der Waals surface area contributed by atoms with E-state index in [2.05, 4.69) is 29.6 Å². The molecule has 2 rings (SSSR count). The third kappa shape index (κ3) is 3.50. The number of hydrogen-bond donors (Lipinski definition) is 2. The van der Waals surface area contributed by atoms with Crippen LogP contribution in [0.5, 0.6) is 0 Å². The van der Waals surface area contributed by atoms with Crippen molar-refractivity contribution in [2.75, 3.05) is 7.05 Å². The highest BCUT2D eigenvalue weighted by Crippen LogP contribution is 2.36. The van der Waals surface area contributed by atoms with Crippen molar-refractivity contribution in [2.24, 2.45) is 5.73 Å². The van der Waals surface area contributed by atoms with Gasteiger partial charge < -0.3 is 11.1 Å². The molecule has 21 heavy (non-hydrogen) atoms. The second kappa shape index (κ2) is 6.55. The van der Waals surface area contributed by atoms with E-state index in [4.69, 9.17) is 5.73 Å². The lowest BCUT2D eigenvalue weighted by atomic mass is 9.74. The predicted molar refractivity (Wildman–Crippen MR) is 86.0 cm³/mol. The molecule has 1 amide bonds. The summed E-state index contributed by atoms with van der Waals surface area (Å²) in [5.74, 6) is -0.249. The van der Waals surface area contributed by atoms with Crippen molar-refractivity contribution in [2.45, 2.75) is 24.8 Å². The summed E-state index contributed by atoms with van der Waals surface area (Å²) in [6.45, 7) is 2.04. The predicted octanol–water partition coefficient (Wildman–Crippen LogP) is 2.67. The lowest BCUT2D eigenvalue weighted by Crippen LogP contribution is -2.48. The van der Waals surface area contributed by atoms with Gasteiger partial charge in [0, 0.05) is 17.9 Å². The maximum Gasteiger partial charge on any atom is 0.219 e. The number of benzene rings is 2. The Morgan fingerprint density at radius 2 is 1.48 bits per heavy atom. The second-order valence-electron chi connectivity index (χ2n) is 5.56. The fourth-order valence-electron chi connectivity index (χ4n) is 2.92. The van der Waals surface area contributed by atoms with Gasteiger partial charge in [-0.3, -0.25) is 4.79 Å². The number of likely N-dealkylation sites (N-methyl/N-ethyl adjacent to an activating group) is 1. The molecule has 0 bridgehead atoms. The van der Waals surface area contributed by atoms with Gasteiger partial charge in [-0.1, -0.05) is 60.7 Å². The van der Waals surface area contributed by atoms with Crippen molar-refractivity contribution in [1.29, 1.82) is 0 Å². The van der Waals surface area contributed by atoms with Crippen LogP contribution in [0.1, 0.15) is 30.4 Å². The average molecular weight is 282 g/mol. The summed E-state index contributed by atoms with van der Waals surface area (Å²) >= 11 is 0. The minimum atomic E-state index is -0.436. The van der Waals surface area contributed by atoms with Gasteiger partial charge in [-0.05, 0) is 25.1 Å². The Kier molecular flexibility index (Phi) is 4.76. The molecular formula is C18H22N2O. The standard InChI is InChI=1S/C18H22N2O/c1-18(20-2,13-16(19)21)17(14-9-5-3-6-10-14)15-11-7-4-8-12-15/h3-12,17,20H,13H2,1-2H3,(H2,19,21). The number of hydrogen-bond acceptors (Lipinski definition) is 2. The van der Waals surface area contributed by atoms with Crippen LogP contribution in [0, 0.1) is 0 Å². The van der Waals surface area contributed by atoms with Crippen LogP contribution in [0.2, 0.25) is 0 Å². The van der Waals surface area contributed by atoms with Gasteiger partial charge in [0.1, 0.15) is 0 Å². The zero-order valence-corrected chi connectivity index (χ0v) is 12.5. The summed E-state index contributed by atoms with van der Waals surface area (Å²) in [6, 6.07) is 20.4. The fraction of sp³-hybridized carbons (Fsp3) is 0.278. The van der Waals surface area contributed by atoms with E-state index in [1.807, 2.05) is 50.4 Å². The topological polar surface area (TPSA) is 55.1 Å². The first-order valence-electron chi connectivity index (χ1n) is 7.14. The van der Waals surface area contributed by atoms with E-state index in [0.29, 0.717) is 0 Å². The number of carbonyl (C=O) groups excluding carboxylic acids is 1. The number of rotatable bonds is 6. The molecule has 0 saturated heterocycles.